The van der Waals surface area contributed by atoms with Gasteiger partial charge in [-0.1, -0.05) is 12.1 Å². The summed E-state index contributed by atoms with van der Waals surface area (Å²) >= 11 is 0. The first-order valence-corrected chi connectivity index (χ1v) is 7.73. The van der Waals surface area contributed by atoms with Crippen molar-refractivity contribution >= 4 is 0 Å². The lowest BCUT2D eigenvalue weighted by molar-refractivity contribution is 0.221. The molecule has 0 unspecified atom stereocenters. The molecule has 1 aromatic heterocycles. The molecule has 0 saturated heterocycles. The van der Waals surface area contributed by atoms with Crippen molar-refractivity contribution in [2.75, 3.05) is 27.2 Å². The first-order valence-electron chi connectivity index (χ1n) is 7.73. The van der Waals surface area contributed by atoms with Crippen LogP contribution < -0.4 is 0 Å². The van der Waals surface area contributed by atoms with E-state index in [4.69, 9.17) is 4.42 Å². The summed E-state index contributed by atoms with van der Waals surface area (Å²) in [5, 5.41) is 9.62. The Hall–Kier alpha value is -1.78. The first-order chi connectivity index (χ1) is 10.5. The number of rotatable bonds is 8. The van der Waals surface area contributed by atoms with Crippen LogP contribution in [0, 0.1) is 6.92 Å². The highest BCUT2D eigenvalue weighted by Crippen LogP contribution is 2.16. The maximum atomic E-state index is 9.62. The van der Waals surface area contributed by atoms with Gasteiger partial charge in [-0.15, -0.1) is 0 Å². The average Bonchev–Trinajstić information content (AvgIpc) is 2.83. The zero-order chi connectivity index (χ0) is 15.9. The molecule has 1 heterocycles. The summed E-state index contributed by atoms with van der Waals surface area (Å²) in [5.41, 5.74) is 1.12. The van der Waals surface area contributed by atoms with E-state index in [2.05, 4.69) is 23.9 Å². The molecule has 0 spiro atoms. The lowest BCUT2D eigenvalue weighted by Gasteiger charge is -2.22. The van der Waals surface area contributed by atoms with E-state index >= 15 is 0 Å². The minimum absolute atomic E-state index is 0.319. The van der Waals surface area contributed by atoms with Gasteiger partial charge in [-0.2, -0.15) is 0 Å². The molecule has 0 aliphatic heterocycles. The van der Waals surface area contributed by atoms with Crippen molar-refractivity contribution in [3.8, 4) is 5.75 Å². The summed E-state index contributed by atoms with van der Waals surface area (Å²) in [4.78, 5) is 4.56. The molecule has 0 amide bonds. The molecule has 0 bridgehead atoms. The third-order valence-electron chi connectivity index (χ3n) is 3.57. The van der Waals surface area contributed by atoms with Crippen LogP contribution in [-0.2, 0) is 13.1 Å². The Bertz CT molecular complexity index is 578. The first kappa shape index (κ1) is 16.6. The standard InChI is InChI=1S/C18H26N2O2/c1-15-8-9-18(22-15)14-20(11-5-10-19(2)3)13-16-6-4-7-17(21)12-16/h4,6-9,12,21H,5,10-11,13-14H2,1-3H3. The lowest BCUT2D eigenvalue weighted by atomic mass is 10.2. The molecular weight excluding hydrogens is 276 g/mol. The van der Waals surface area contributed by atoms with Crippen molar-refractivity contribution in [3.63, 3.8) is 0 Å². The van der Waals surface area contributed by atoms with Gasteiger partial charge in [-0.05, 0) is 63.8 Å². The average molecular weight is 302 g/mol. The number of hydrogen-bond donors (Lipinski definition) is 1. The summed E-state index contributed by atoms with van der Waals surface area (Å²) in [6.07, 6.45) is 1.10. The molecule has 0 atom stereocenters. The van der Waals surface area contributed by atoms with Gasteiger partial charge in [0.25, 0.3) is 0 Å². The molecule has 0 aliphatic rings. The predicted octanol–water partition coefficient (Wildman–Crippen LogP) is 3.25. The Morgan fingerprint density at radius 2 is 1.86 bits per heavy atom. The Kier molecular flexibility index (Phi) is 6.04. The van der Waals surface area contributed by atoms with E-state index < -0.39 is 0 Å². The van der Waals surface area contributed by atoms with E-state index in [0.717, 1.165) is 49.7 Å². The fourth-order valence-electron chi connectivity index (χ4n) is 2.53. The number of nitrogens with zero attached hydrogens (tertiary/aromatic N) is 2. The van der Waals surface area contributed by atoms with Gasteiger partial charge in [0.2, 0.25) is 0 Å². The van der Waals surface area contributed by atoms with Crippen molar-refractivity contribution in [3.05, 3.63) is 53.5 Å². The predicted molar refractivity (Wildman–Crippen MR) is 88.8 cm³/mol. The lowest BCUT2D eigenvalue weighted by Crippen LogP contribution is -2.26. The summed E-state index contributed by atoms with van der Waals surface area (Å²) < 4.78 is 5.70. The quantitative estimate of drug-likeness (QED) is 0.812. The SMILES string of the molecule is Cc1ccc(CN(CCCN(C)C)Cc2cccc(O)c2)o1. The minimum Gasteiger partial charge on any atom is -0.508 e. The molecule has 0 aliphatic carbocycles. The normalized spacial score (nSPS) is 11.5. The number of phenols is 1. The number of aryl methyl sites for hydroxylation is 1. The Morgan fingerprint density at radius 3 is 2.50 bits per heavy atom. The summed E-state index contributed by atoms with van der Waals surface area (Å²) in [6.45, 7) is 5.62. The second kappa shape index (κ2) is 8.01. The van der Waals surface area contributed by atoms with Crippen LogP contribution in [0.1, 0.15) is 23.5 Å². The van der Waals surface area contributed by atoms with Crippen LogP contribution in [0.15, 0.2) is 40.8 Å². The van der Waals surface area contributed by atoms with Crippen LogP contribution in [0.3, 0.4) is 0 Å². The molecule has 2 aromatic rings. The Balaban J connectivity index is 2.00. The van der Waals surface area contributed by atoms with Gasteiger partial charge in [0, 0.05) is 13.1 Å². The molecular formula is C18H26N2O2. The molecule has 0 saturated carbocycles. The number of phenolic OH excluding ortho intramolecular Hbond substituents is 1. The van der Waals surface area contributed by atoms with Crippen LogP contribution >= 0.6 is 0 Å². The highest BCUT2D eigenvalue weighted by atomic mass is 16.3. The molecule has 1 aromatic carbocycles. The smallest absolute Gasteiger partial charge is 0.118 e. The van der Waals surface area contributed by atoms with Crippen LogP contribution in [0.4, 0.5) is 0 Å². The van der Waals surface area contributed by atoms with E-state index in [1.54, 1.807) is 6.07 Å². The number of hydrogen-bond acceptors (Lipinski definition) is 4. The third-order valence-corrected chi connectivity index (χ3v) is 3.57. The Morgan fingerprint density at radius 1 is 1.05 bits per heavy atom. The topological polar surface area (TPSA) is 39.9 Å². The third kappa shape index (κ3) is 5.54. The van der Waals surface area contributed by atoms with Crippen molar-refractivity contribution in [2.45, 2.75) is 26.4 Å². The van der Waals surface area contributed by atoms with Gasteiger partial charge >= 0.3 is 0 Å². The van der Waals surface area contributed by atoms with Crippen LogP contribution in [0.5, 0.6) is 5.75 Å². The zero-order valence-corrected chi connectivity index (χ0v) is 13.7. The summed E-state index contributed by atoms with van der Waals surface area (Å²) in [7, 11) is 4.19. The van der Waals surface area contributed by atoms with E-state index in [1.807, 2.05) is 37.3 Å². The maximum absolute atomic E-state index is 9.62. The van der Waals surface area contributed by atoms with Gasteiger partial charge in [-0.25, -0.2) is 0 Å². The molecule has 0 fully saturated rings. The highest BCUT2D eigenvalue weighted by molar-refractivity contribution is 5.27. The van der Waals surface area contributed by atoms with Gasteiger partial charge in [0.1, 0.15) is 17.3 Å². The summed E-state index contributed by atoms with van der Waals surface area (Å²) in [5.74, 6) is 2.25. The Labute approximate surface area is 133 Å². The van der Waals surface area contributed by atoms with E-state index in [9.17, 15) is 5.11 Å². The van der Waals surface area contributed by atoms with Crippen molar-refractivity contribution < 1.29 is 9.52 Å². The second-order valence-electron chi connectivity index (χ2n) is 6.05. The molecule has 2 rings (SSSR count). The van der Waals surface area contributed by atoms with E-state index in [1.165, 1.54) is 0 Å². The molecule has 4 nitrogen and oxygen atoms in total. The maximum Gasteiger partial charge on any atom is 0.118 e. The van der Waals surface area contributed by atoms with E-state index in [0.29, 0.717) is 5.75 Å². The fraction of sp³-hybridized carbons (Fsp3) is 0.444. The van der Waals surface area contributed by atoms with Crippen molar-refractivity contribution in [1.82, 2.24) is 9.80 Å². The van der Waals surface area contributed by atoms with Gasteiger partial charge < -0.3 is 14.4 Å². The fourth-order valence-corrected chi connectivity index (χ4v) is 2.53. The highest BCUT2D eigenvalue weighted by Gasteiger charge is 2.10. The van der Waals surface area contributed by atoms with Crippen molar-refractivity contribution in [2.24, 2.45) is 0 Å². The monoisotopic (exact) mass is 302 g/mol. The van der Waals surface area contributed by atoms with Gasteiger partial charge in [0.05, 0.1) is 6.54 Å². The van der Waals surface area contributed by atoms with Crippen LogP contribution in [0.2, 0.25) is 0 Å². The van der Waals surface area contributed by atoms with Crippen LogP contribution in [0.25, 0.3) is 0 Å². The zero-order valence-electron chi connectivity index (χ0n) is 13.7. The van der Waals surface area contributed by atoms with Crippen molar-refractivity contribution in [1.29, 1.82) is 0 Å². The van der Waals surface area contributed by atoms with Crippen LogP contribution in [-0.4, -0.2) is 42.1 Å². The molecule has 22 heavy (non-hydrogen) atoms. The van der Waals surface area contributed by atoms with Gasteiger partial charge in [-0.3, -0.25) is 4.90 Å². The van der Waals surface area contributed by atoms with E-state index in [-0.39, 0.29) is 0 Å². The number of benzene rings is 1. The largest absolute Gasteiger partial charge is 0.508 e. The number of aromatic hydroxyl groups is 1. The molecule has 1 N–H and O–H groups in total. The molecule has 120 valence electrons. The van der Waals surface area contributed by atoms with Gasteiger partial charge in [0.15, 0.2) is 0 Å². The second-order valence-corrected chi connectivity index (χ2v) is 6.05. The molecule has 0 radical (unpaired) electrons. The number of furan rings is 1. The summed E-state index contributed by atoms with van der Waals surface area (Å²) in [6, 6.07) is 11.5. The minimum atomic E-state index is 0.319. The molecule has 4 heteroatoms.